The summed E-state index contributed by atoms with van der Waals surface area (Å²) in [6.45, 7) is 5.52. The Kier molecular flexibility index (Phi) is 4.71. The maximum Gasteiger partial charge on any atom is 0.363 e. The molecule has 0 radical (unpaired) electrons. The van der Waals surface area contributed by atoms with Crippen LogP contribution in [0.4, 0.5) is 4.39 Å². The molecule has 6 nitrogen and oxygen atoms in total. The summed E-state index contributed by atoms with van der Waals surface area (Å²) in [5, 5.41) is 0. The number of esters is 2. The highest BCUT2D eigenvalue weighted by molar-refractivity contribution is 6.13. The second-order valence-electron chi connectivity index (χ2n) is 5.73. The highest BCUT2D eigenvalue weighted by Gasteiger charge is 2.26. The number of ether oxygens (including phenoxy) is 2. The van der Waals surface area contributed by atoms with Crippen molar-refractivity contribution < 1.29 is 23.5 Å². The molecule has 26 heavy (non-hydrogen) atoms. The van der Waals surface area contributed by atoms with Crippen LogP contribution >= 0.6 is 0 Å². The molecule has 0 atom stereocenters. The van der Waals surface area contributed by atoms with Gasteiger partial charge in [0.25, 0.3) is 0 Å². The van der Waals surface area contributed by atoms with E-state index in [2.05, 4.69) is 9.98 Å². The Morgan fingerprint density at radius 3 is 2.65 bits per heavy atom. The number of halogens is 1. The van der Waals surface area contributed by atoms with E-state index in [1.807, 2.05) is 0 Å². The van der Waals surface area contributed by atoms with E-state index in [9.17, 15) is 14.0 Å². The molecule has 1 aliphatic heterocycles. The highest BCUT2D eigenvalue weighted by atomic mass is 19.1. The topological polar surface area (TPSA) is 80.8 Å². The van der Waals surface area contributed by atoms with E-state index in [0.717, 1.165) is 0 Å². The van der Waals surface area contributed by atoms with Gasteiger partial charge in [-0.15, -0.1) is 0 Å². The number of cyclic esters (lactones) is 1. The van der Waals surface area contributed by atoms with Crippen molar-refractivity contribution in [1.29, 1.82) is 0 Å². The van der Waals surface area contributed by atoms with E-state index in [4.69, 9.17) is 9.47 Å². The first-order valence-corrected chi connectivity index (χ1v) is 8.05. The fourth-order valence-electron chi connectivity index (χ4n) is 2.69. The standard InChI is InChI=1S/C19H17FN2O4/c1-4-25-19(24)16-10(2)14(21-11(16)3)9-15-18(23)26-17(22-15)12-5-7-13(20)8-6-12/h5-9,21H,4H2,1-3H3/b15-9-. The molecule has 7 heteroatoms. The molecule has 2 heterocycles. The van der Waals surface area contributed by atoms with E-state index < -0.39 is 17.8 Å². The zero-order valence-electron chi connectivity index (χ0n) is 14.6. The Hall–Kier alpha value is -3.22. The molecule has 3 rings (SSSR count). The minimum absolute atomic E-state index is 0.0871. The lowest BCUT2D eigenvalue weighted by Gasteiger charge is -2.01. The fourth-order valence-corrected chi connectivity index (χ4v) is 2.69. The molecule has 0 aliphatic carbocycles. The third kappa shape index (κ3) is 3.28. The number of H-pyrrole nitrogens is 1. The molecule has 1 N–H and O–H groups in total. The van der Waals surface area contributed by atoms with Crippen LogP contribution in [0.5, 0.6) is 0 Å². The van der Waals surface area contributed by atoms with E-state index in [-0.39, 0.29) is 18.2 Å². The van der Waals surface area contributed by atoms with Gasteiger partial charge in [0.1, 0.15) is 5.82 Å². The van der Waals surface area contributed by atoms with Gasteiger partial charge in [0.05, 0.1) is 12.2 Å². The van der Waals surface area contributed by atoms with Crippen LogP contribution in [-0.4, -0.2) is 29.4 Å². The van der Waals surface area contributed by atoms with Crippen molar-refractivity contribution in [1.82, 2.24) is 4.98 Å². The Bertz CT molecular complexity index is 939. The minimum atomic E-state index is -0.617. The quantitative estimate of drug-likeness (QED) is 0.673. The molecule has 1 aromatic heterocycles. The molecule has 0 amide bonds. The lowest BCUT2D eigenvalue weighted by atomic mass is 10.1. The van der Waals surface area contributed by atoms with Gasteiger partial charge in [-0.2, -0.15) is 0 Å². The van der Waals surface area contributed by atoms with Crippen LogP contribution in [-0.2, 0) is 14.3 Å². The summed E-state index contributed by atoms with van der Waals surface area (Å²) in [5.74, 6) is -1.33. The summed E-state index contributed by atoms with van der Waals surface area (Å²) in [5.41, 5.74) is 2.89. The van der Waals surface area contributed by atoms with Crippen LogP contribution in [0.2, 0.25) is 0 Å². The van der Waals surface area contributed by atoms with Crippen molar-refractivity contribution in [3.05, 3.63) is 63.9 Å². The van der Waals surface area contributed by atoms with E-state index in [1.54, 1.807) is 20.8 Å². The summed E-state index contributed by atoms with van der Waals surface area (Å²) in [6.07, 6.45) is 1.52. The lowest BCUT2D eigenvalue weighted by molar-refractivity contribution is -0.129. The molecule has 0 saturated heterocycles. The van der Waals surface area contributed by atoms with E-state index in [1.165, 1.54) is 30.3 Å². The predicted molar refractivity (Wildman–Crippen MR) is 93.2 cm³/mol. The van der Waals surface area contributed by atoms with Gasteiger partial charge >= 0.3 is 11.9 Å². The van der Waals surface area contributed by atoms with Crippen molar-refractivity contribution in [2.45, 2.75) is 20.8 Å². The van der Waals surface area contributed by atoms with Gasteiger partial charge in [-0.05, 0) is 56.7 Å². The van der Waals surface area contributed by atoms with Crippen LogP contribution in [0.1, 0.15) is 39.8 Å². The summed E-state index contributed by atoms with van der Waals surface area (Å²) < 4.78 is 23.2. The number of aryl methyl sites for hydroxylation is 1. The molecule has 1 aromatic carbocycles. The first-order chi connectivity index (χ1) is 12.4. The molecule has 134 valence electrons. The number of nitrogens with zero attached hydrogens (tertiary/aromatic N) is 1. The number of aromatic amines is 1. The number of carbonyl (C=O) groups excluding carboxylic acids is 2. The third-order valence-electron chi connectivity index (χ3n) is 3.95. The van der Waals surface area contributed by atoms with Crippen molar-refractivity contribution in [2.75, 3.05) is 6.61 Å². The van der Waals surface area contributed by atoms with Crippen molar-refractivity contribution in [3.63, 3.8) is 0 Å². The second-order valence-corrected chi connectivity index (χ2v) is 5.73. The fraction of sp³-hybridized carbons (Fsp3) is 0.211. The first-order valence-electron chi connectivity index (χ1n) is 8.05. The average Bonchev–Trinajstić information content (AvgIpc) is 3.09. The molecule has 0 bridgehead atoms. The molecule has 1 aliphatic rings. The van der Waals surface area contributed by atoms with Gasteiger partial charge in [-0.1, -0.05) is 0 Å². The number of rotatable bonds is 4. The normalized spacial score (nSPS) is 15.2. The molecule has 2 aromatic rings. The summed E-state index contributed by atoms with van der Waals surface area (Å²) in [7, 11) is 0. The number of nitrogens with one attached hydrogen (secondary N) is 1. The molecule has 0 fully saturated rings. The second kappa shape index (κ2) is 6.95. The maximum absolute atomic E-state index is 13.0. The largest absolute Gasteiger partial charge is 0.462 e. The number of hydrogen-bond donors (Lipinski definition) is 1. The van der Waals surface area contributed by atoms with E-state index >= 15 is 0 Å². The van der Waals surface area contributed by atoms with Gasteiger partial charge in [0.15, 0.2) is 5.70 Å². The van der Waals surface area contributed by atoms with Crippen LogP contribution in [0, 0.1) is 19.7 Å². The Morgan fingerprint density at radius 1 is 1.31 bits per heavy atom. The predicted octanol–water partition coefficient (Wildman–Crippen LogP) is 3.29. The average molecular weight is 356 g/mol. The summed E-state index contributed by atoms with van der Waals surface area (Å²) in [6, 6.07) is 5.48. The van der Waals surface area contributed by atoms with Crippen molar-refractivity contribution in [3.8, 4) is 0 Å². The van der Waals surface area contributed by atoms with E-state index in [0.29, 0.717) is 28.1 Å². The van der Waals surface area contributed by atoms with Crippen LogP contribution in [0.25, 0.3) is 6.08 Å². The van der Waals surface area contributed by atoms with Gasteiger partial charge < -0.3 is 14.5 Å². The zero-order chi connectivity index (χ0) is 18.8. The van der Waals surface area contributed by atoms with Gasteiger partial charge in [0, 0.05) is 17.0 Å². The van der Waals surface area contributed by atoms with Gasteiger partial charge in [-0.25, -0.2) is 19.0 Å². The highest BCUT2D eigenvalue weighted by Crippen LogP contribution is 2.24. The Balaban J connectivity index is 1.95. The summed E-state index contributed by atoms with van der Waals surface area (Å²) in [4.78, 5) is 31.4. The number of hydrogen-bond acceptors (Lipinski definition) is 5. The molecular formula is C19H17FN2O4. The smallest absolute Gasteiger partial charge is 0.363 e. The van der Waals surface area contributed by atoms with Crippen molar-refractivity contribution in [2.24, 2.45) is 4.99 Å². The molecule has 0 spiro atoms. The molecule has 0 unspecified atom stereocenters. The maximum atomic E-state index is 13.0. The number of benzene rings is 1. The number of carbonyl (C=O) groups is 2. The van der Waals surface area contributed by atoms with Crippen molar-refractivity contribution >= 4 is 23.9 Å². The zero-order valence-corrected chi connectivity index (χ0v) is 14.6. The Morgan fingerprint density at radius 2 is 2.00 bits per heavy atom. The van der Waals surface area contributed by atoms with Crippen LogP contribution < -0.4 is 0 Å². The Labute approximate surface area is 149 Å². The monoisotopic (exact) mass is 356 g/mol. The van der Waals surface area contributed by atoms with Gasteiger partial charge in [0.2, 0.25) is 5.90 Å². The first kappa shape index (κ1) is 17.6. The summed E-state index contributed by atoms with van der Waals surface area (Å²) >= 11 is 0. The molecule has 0 saturated carbocycles. The number of aliphatic imine (C=N–C) groups is 1. The van der Waals surface area contributed by atoms with Crippen LogP contribution in [0.15, 0.2) is 35.0 Å². The SMILES string of the molecule is CCOC(=O)c1c(C)[nH]c(/C=C2\N=C(c3ccc(F)cc3)OC2=O)c1C. The third-order valence-corrected chi connectivity index (χ3v) is 3.95. The lowest BCUT2D eigenvalue weighted by Crippen LogP contribution is -2.06. The van der Waals surface area contributed by atoms with Crippen LogP contribution in [0.3, 0.4) is 0 Å². The minimum Gasteiger partial charge on any atom is -0.462 e. The van der Waals surface area contributed by atoms with Gasteiger partial charge in [-0.3, -0.25) is 0 Å². The number of aromatic nitrogens is 1. The molecular weight excluding hydrogens is 339 g/mol.